The van der Waals surface area contributed by atoms with Crippen LogP contribution in [0.25, 0.3) is 11.1 Å². The molecule has 3 N–H and O–H groups in total. The second-order valence-electron chi connectivity index (χ2n) is 7.04. The van der Waals surface area contributed by atoms with Gasteiger partial charge in [-0.05, 0) is 24.3 Å². The minimum atomic E-state index is -0.954. The van der Waals surface area contributed by atoms with E-state index in [9.17, 15) is 14.4 Å². The number of benzene rings is 1. The highest BCUT2D eigenvalue weighted by Crippen LogP contribution is 2.40. The van der Waals surface area contributed by atoms with Gasteiger partial charge in [0.15, 0.2) is 11.6 Å². The fourth-order valence-corrected chi connectivity index (χ4v) is 3.74. The number of hydrogen-bond donors (Lipinski definition) is 2. The highest BCUT2D eigenvalue weighted by molar-refractivity contribution is 5.94. The lowest BCUT2D eigenvalue weighted by molar-refractivity contribution is -0.122. The van der Waals surface area contributed by atoms with Gasteiger partial charge in [-0.15, -0.1) is 0 Å². The van der Waals surface area contributed by atoms with Crippen molar-refractivity contribution in [2.75, 3.05) is 19.4 Å². The van der Waals surface area contributed by atoms with Crippen molar-refractivity contribution in [2.24, 2.45) is 0 Å². The Morgan fingerprint density at radius 3 is 2.56 bits per heavy atom. The van der Waals surface area contributed by atoms with Gasteiger partial charge in [0.25, 0.3) is 12.4 Å². The molecule has 1 amide bonds. The van der Waals surface area contributed by atoms with Crippen LogP contribution in [0.2, 0.25) is 0 Å². The van der Waals surface area contributed by atoms with Crippen LogP contribution < -0.4 is 10.5 Å². The molecule has 0 spiro atoms. The summed E-state index contributed by atoms with van der Waals surface area (Å²) in [5, 5.41) is 16.6. The Hall–Kier alpha value is -4.59. The van der Waals surface area contributed by atoms with Crippen LogP contribution in [0.4, 0.5) is 14.6 Å². The topological polar surface area (TPSA) is 142 Å². The first-order chi connectivity index (χ1) is 16.4. The second-order valence-corrected chi connectivity index (χ2v) is 7.04. The number of nitrogens with zero attached hydrogens (tertiary/aromatic N) is 4. The molecule has 0 saturated heterocycles. The summed E-state index contributed by atoms with van der Waals surface area (Å²) >= 11 is 0. The monoisotopic (exact) mass is 467 g/mol. The molecule has 0 saturated carbocycles. The third kappa shape index (κ3) is 4.47. The molecule has 3 heterocycles. The minimum absolute atomic E-state index is 0.00821. The number of amides is 1. The number of carboxylic acid groups (broad SMARTS) is 1. The molecule has 0 unspecified atom stereocenters. The van der Waals surface area contributed by atoms with Gasteiger partial charge in [0.05, 0.1) is 18.4 Å². The number of hydrogen-bond acceptors (Lipinski definition) is 7. The number of carbonyl (C=O) groups is 2. The molecule has 1 aliphatic rings. The molecule has 2 aromatic heterocycles. The molecule has 0 radical (unpaired) electrons. The van der Waals surface area contributed by atoms with Crippen LogP contribution in [0, 0.1) is 23.0 Å². The molecule has 0 bridgehead atoms. The number of ether oxygens (including phenoxy) is 1. The summed E-state index contributed by atoms with van der Waals surface area (Å²) in [7, 11) is 1.26. The normalized spacial score (nSPS) is 12.0. The molecule has 0 aliphatic carbocycles. The molecular formula is C23H19F2N5O4. The van der Waals surface area contributed by atoms with Crippen molar-refractivity contribution < 1.29 is 28.2 Å². The summed E-state index contributed by atoms with van der Waals surface area (Å²) < 4.78 is 35.0. The van der Waals surface area contributed by atoms with E-state index >= 15 is 4.39 Å². The third-order valence-corrected chi connectivity index (χ3v) is 5.23. The maximum absolute atomic E-state index is 15.1. The average Bonchev–Trinajstić information content (AvgIpc) is 2.84. The van der Waals surface area contributed by atoms with Gasteiger partial charge < -0.3 is 20.5 Å². The van der Waals surface area contributed by atoms with Crippen LogP contribution in [0.3, 0.4) is 0 Å². The van der Waals surface area contributed by atoms with Gasteiger partial charge in [0.1, 0.15) is 23.3 Å². The zero-order valence-corrected chi connectivity index (χ0v) is 18.0. The Bertz CT molecular complexity index is 1280. The number of rotatable bonds is 3. The van der Waals surface area contributed by atoms with Crippen molar-refractivity contribution in [3.8, 4) is 22.9 Å². The molecule has 1 aromatic carbocycles. The number of anilines is 1. The molecule has 3 aromatic rings. The maximum atomic E-state index is 15.1. The van der Waals surface area contributed by atoms with Crippen molar-refractivity contribution in [1.29, 1.82) is 5.26 Å². The summed E-state index contributed by atoms with van der Waals surface area (Å²) in [5.41, 5.74) is 6.67. The van der Waals surface area contributed by atoms with E-state index in [0.717, 1.165) is 12.1 Å². The molecule has 4 rings (SSSR count). The number of fused-ring (bicyclic) bond motifs is 1. The lowest BCUT2D eigenvalue weighted by Crippen LogP contribution is -2.37. The zero-order valence-electron chi connectivity index (χ0n) is 18.0. The summed E-state index contributed by atoms with van der Waals surface area (Å²) in [6, 6.07) is 7.30. The summed E-state index contributed by atoms with van der Waals surface area (Å²) in [5.74, 6) is -2.39. The van der Waals surface area contributed by atoms with E-state index in [0.29, 0.717) is 29.8 Å². The number of carbonyl (C=O) groups excluding carboxylic acids is 1. The van der Waals surface area contributed by atoms with E-state index in [2.05, 4.69) is 9.97 Å². The van der Waals surface area contributed by atoms with Crippen LogP contribution in [-0.2, 0) is 17.8 Å². The van der Waals surface area contributed by atoms with Gasteiger partial charge in [-0.3, -0.25) is 14.6 Å². The number of methoxy groups -OCH3 is 1. The number of pyridine rings is 2. The summed E-state index contributed by atoms with van der Waals surface area (Å²) in [6.45, 7) is 0.110. The molecule has 1 aliphatic heterocycles. The van der Waals surface area contributed by atoms with Gasteiger partial charge in [-0.1, -0.05) is 0 Å². The van der Waals surface area contributed by atoms with Crippen molar-refractivity contribution in [3.63, 3.8) is 0 Å². The van der Waals surface area contributed by atoms with Crippen molar-refractivity contribution >= 4 is 18.2 Å². The second kappa shape index (κ2) is 10.4. The van der Waals surface area contributed by atoms with Gasteiger partial charge in [0, 0.05) is 48.6 Å². The fourth-order valence-electron chi connectivity index (χ4n) is 3.74. The molecular weight excluding hydrogens is 448 g/mol. The average molecular weight is 467 g/mol. The van der Waals surface area contributed by atoms with Crippen LogP contribution in [0.5, 0.6) is 5.75 Å². The Kier molecular flexibility index (Phi) is 7.33. The smallest absolute Gasteiger partial charge is 0.290 e. The molecule has 11 heteroatoms. The Balaban J connectivity index is 0.00000103. The molecule has 174 valence electrons. The number of nitrogen functional groups attached to an aromatic ring is 1. The molecule has 0 fully saturated rings. The van der Waals surface area contributed by atoms with Gasteiger partial charge in [-0.25, -0.2) is 13.8 Å². The predicted molar refractivity (Wildman–Crippen MR) is 117 cm³/mol. The number of nitriles is 1. The lowest BCUT2D eigenvalue weighted by atomic mass is 9.90. The van der Waals surface area contributed by atoms with Crippen molar-refractivity contribution in [3.05, 3.63) is 70.7 Å². The van der Waals surface area contributed by atoms with E-state index in [1.165, 1.54) is 24.4 Å². The minimum Gasteiger partial charge on any atom is -0.494 e. The molecule has 34 heavy (non-hydrogen) atoms. The molecule has 0 atom stereocenters. The zero-order chi connectivity index (χ0) is 24.8. The Morgan fingerprint density at radius 2 is 1.94 bits per heavy atom. The highest BCUT2D eigenvalue weighted by Gasteiger charge is 2.31. The number of halogens is 2. The largest absolute Gasteiger partial charge is 0.494 e. The van der Waals surface area contributed by atoms with Gasteiger partial charge in [0.2, 0.25) is 0 Å². The summed E-state index contributed by atoms with van der Waals surface area (Å²) in [4.78, 5) is 31.0. The summed E-state index contributed by atoms with van der Waals surface area (Å²) in [6.07, 6.45) is 3.34. The Morgan fingerprint density at radius 1 is 1.26 bits per heavy atom. The maximum Gasteiger partial charge on any atom is 0.290 e. The number of nitrogens with two attached hydrogens (primary N) is 1. The van der Waals surface area contributed by atoms with Crippen LogP contribution >= 0.6 is 0 Å². The third-order valence-electron chi connectivity index (χ3n) is 5.23. The first-order valence-corrected chi connectivity index (χ1v) is 9.88. The standard InChI is InChI=1S/C22H17F2N5O2.CH2O2/c1-31-17-3-2-15(23)19(20(17)24)18-13(10-25)21(26)28-16-6-9-29(11-14(16)18)22(30)12-4-7-27-8-5-12;2-1-3/h2-5,7-8H,6,9,11H2,1H3,(H2,26,28);1H,(H,2,3). The van der Waals surface area contributed by atoms with E-state index < -0.39 is 17.2 Å². The van der Waals surface area contributed by atoms with E-state index in [1.54, 1.807) is 12.1 Å². The highest BCUT2D eigenvalue weighted by atomic mass is 19.1. The van der Waals surface area contributed by atoms with Crippen LogP contribution in [0.15, 0.2) is 36.7 Å². The van der Waals surface area contributed by atoms with Gasteiger partial charge in [-0.2, -0.15) is 5.26 Å². The fraction of sp³-hybridized carbons (Fsp3) is 0.174. The van der Waals surface area contributed by atoms with Crippen molar-refractivity contribution in [2.45, 2.75) is 13.0 Å². The van der Waals surface area contributed by atoms with Crippen LogP contribution in [0.1, 0.15) is 27.2 Å². The van der Waals surface area contributed by atoms with Crippen LogP contribution in [-0.4, -0.2) is 46.0 Å². The predicted octanol–water partition coefficient (Wildman–Crippen LogP) is 2.78. The van der Waals surface area contributed by atoms with Gasteiger partial charge >= 0.3 is 0 Å². The SMILES string of the molecule is COc1ccc(F)c(-c2c(C#N)c(N)nc3c2CN(C(=O)c2ccncc2)CC3)c1F.O=CO. The first-order valence-electron chi connectivity index (χ1n) is 9.88. The van der Waals surface area contributed by atoms with E-state index in [1.807, 2.05) is 6.07 Å². The first kappa shape index (κ1) is 24.1. The quantitative estimate of drug-likeness (QED) is 0.560. The van der Waals surface area contributed by atoms with Crippen molar-refractivity contribution in [1.82, 2.24) is 14.9 Å². The van der Waals surface area contributed by atoms with E-state index in [-0.39, 0.29) is 41.6 Å². The lowest BCUT2D eigenvalue weighted by Gasteiger charge is -2.31. The van der Waals surface area contributed by atoms with E-state index in [4.69, 9.17) is 20.4 Å². The number of aromatic nitrogens is 2. The Labute approximate surface area is 193 Å². The molecule has 9 nitrogen and oxygen atoms in total.